The van der Waals surface area contributed by atoms with E-state index in [1.54, 1.807) is 17.0 Å². The molecule has 19 heteroatoms. The van der Waals surface area contributed by atoms with E-state index in [0.29, 0.717) is 24.9 Å². The van der Waals surface area contributed by atoms with E-state index in [-0.39, 0.29) is 70.4 Å². The van der Waals surface area contributed by atoms with Gasteiger partial charge in [-0.1, -0.05) is 42.5 Å². The maximum Gasteiger partial charge on any atom is 0.408 e. The van der Waals surface area contributed by atoms with Crippen LogP contribution in [0.3, 0.4) is 0 Å². The number of carboxylic acid groups (broad SMARTS) is 1. The van der Waals surface area contributed by atoms with E-state index in [4.69, 9.17) is 15.6 Å². The second-order valence-electron chi connectivity index (χ2n) is 14.7. The molecule has 2 amide bonds. The van der Waals surface area contributed by atoms with Gasteiger partial charge in [0.2, 0.25) is 10.0 Å². The lowest BCUT2D eigenvalue weighted by atomic mass is 9.77. The van der Waals surface area contributed by atoms with Crippen molar-refractivity contribution in [2.24, 2.45) is 27.9 Å². The monoisotopic (exact) mass is 840 g/mol. The summed E-state index contributed by atoms with van der Waals surface area (Å²) >= 11 is 0. The summed E-state index contributed by atoms with van der Waals surface area (Å²) < 4.78 is 74.0. The molecule has 0 unspecified atom stereocenters. The van der Waals surface area contributed by atoms with Crippen LogP contribution >= 0.6 is 0 Å². The van der Waals surface area contributed by atoms with E-state index in [1.807, 2.05) is 30.3 Å². The number of carbonyl (C=O) groups excluding carboxylic acids is 2. The largest absolute Gasteiger partial charge is 0.511 e. The SMILES string of the molecule is CS(=O)(=O)Nc1ccc2c(c1)S(=O)(=O)N=C(C1=C(O)[C@@H]3[C@@H]4CC[C@H](C4)[C@@H]3N(Cc3ccc(F)cc3)C1=O)N2.NCCCC[C@H](NC(=O)OCc1ccccc1)C(=O)O. The number of halogens is 1. The molecule has 4 aliphatic rings. The van der Waals surface area contributed by atoms with Gasteiger partial charge >= 0.3 is 12.1 Å². The van der Waals surface area contributed by atoms with Crippen LogP contribution in [-0.4, -0.2) is 80.6 Å². The van der Waals surface area contributed by atoms with Crippen molar-refractivity contribution >= 4 is 55.2 Å². The Labute approximate surface area is 335 Å². The van der Waals surface area contributed by atoms with E-state index in [2.05, 4.69) is 19.8 Å². The topological polar surface area (TPSA) is 247 Å². The maximum absolute atomic E-state index is 13.9. The Balaban J connectivity index is 0.000000241. The number of fused-ring (bicyclic) bond motifs is 6. The minimum Gasteiger partial charge on any atom is -0.511 e. The first kappa shape index (κ1) is 42.1. The summed E-state index contributed by atoms with van der Waals surface area (Å²) in [6.07, 6.45) is 4.63. The molecule has 16 nitrogen and oxygen atoms in total. The molecule has 58 heavy (non-hydrogen) atoms. The molecular formula is C39H45FN6O10S2. The van der Waals surface area contributed by atoms with Crippen LogP contribution in [-0.2, 0) is 47.5 Å². The number of benzene rings is 3. The zero-order valence-corrected chi connectivity index (χ0v) is 33.1. The first-order valence-corrected chi connectivity index (χ1v) is 22.0. The zero-order chi connectivity index (χ0) is 41.8. The lowest BCUT2D eigenvalue weighted by Crippen LogP contribution is -2.53. The molecule has 3 aromatic rings. The van der Waals surface area contributed by atoms with Gasteiger partial charge in [0.15, 0.2) is 5.84 Å². The molecular weight excluding hydrogens is 796 g/mol. The normalized spacial score (nSPS) is 22.0. The number of unbranched alkanes of at least 4 members (excludes halogenated alkanes) is 1. The van der Waals surface area contributed by atoms with Gasteiger partial charge < -0.3 is 36.2 Å². The van der Waals surface area contributed by atoms with Crippen molar-refractivity contribution in [2.45, 2.75) is 68.7 Å². The fraction of sp³-hybridized carbons (Fsp3) is 0.385. The van der Waals surface area contributed by atoms with Gasteiger partial charge in [0, 0.05) is 24.2 Å². The number of amidine groups is 1. The van der Waals surface area contributed by atoms with Gasteiger partial charge in [0.25, 0.3) is 15.9 Å². The van der Waals surface area contributed by atoms with Crippen LogP contribution in [0, 0.1) is 23.6 Å². The smallest absolute Gasteiger partial charge is 0.408 e. The van der Waals surface area contributed by atoms with E-state index in [0.717, 1.165) is 43.6 Å². The summed E-state index contributed by atoms with van der Waals surface area (Å²) in [5.74, 6) is -2.45. The van der Waals surface area contributed by atoms with Crippen molar-refractivity contribution in [2.75, 3.05) is 22.8 Å². The van der Waals surface area contributed by atoms with Crippen molar-refractivity contribution in [1.29, 1.82) is 0 Å². The van der Waals surface area contributed by atoms with Crippen LogP contribution in [0.25, 0.3) is 0 Å². The third kappa shape index (κ3) is 9.76. The van der Waals surface area contributed by atoms with Crippen LogP contribution in [0.5, 0.6) is 0 Å². The number of amides is 2. The summed E-state index contributed by atoms with van der Waals surface area (Å²) in [5, 5.41) is 25.6. The van der Waals surface area contributed by atoms with Gasteiger partial charge in [0.05, 0.1) is 11.9 Å². The lowest BCUT2D eigenvalue weighted by Gasteiger charge is -2.44. The number of anilines is 2. The quantitative estimate of drug-likeness (QED) is 0.131. The number of aliphatic carboxylic acids is 1. The van der Waals surface area contributed by atoms with Gasteiger partial charge in [-0.3, -0.25) is 9.52 Å². The number of ether oxygens (including phenoxy) is 1. The Morgan fingerprint density at radius 1 is 1.05 bits per heavy atom. The molecule has 3 aromatic carbocycles. The minimum absolute atomic E-state index is 0.0429. The molecule has 2 aliphatic carbocycles. The van der Waals surface area contributed by atoms with Crippen molar-refractivity contribution in [3.8, 4) is 0 Å². The molecule has 5 atom stereocenters. The number of alkyl carbamates (subject to hydrolysis) is 1. The first-order chi connectivity index (χ1) is 27.5. The molecule has 0 spiro atoms. The molecule has 2 heterocycles. The van der Waals surface area contributed by atoms with E-state index < -0.39 is 49.9 Å². The number of aliphatic hydroxyl groups is 1. The lowest BCUT2D eigenvalue weighted by molar-refractivity contribution is -0.139. The second-order valence-corrected chi connectivity index (χ2v) is 18.0. The number of aliphatic hydroxyl groups excluding tert-OH is 1. The van der Waals surface area contributed by atoms with Gasteiger partial charge in [0.1, 0.15) is 34.7 Å². The molecule has 310 valence electrons. The zero-order valence-electron chi connectivity index (χ0n) is 31.5. The van der Waals surface area contributed by atoms with Gasteiger partial charge in [-0.25, -0.2) is 22.4 Å². The number of hydrogen-bond donors (Lipinski definition) is 6. The van der Waals surface area contributed by atoms with Crippen molar-refractivity contribution in [1.82, 2.24) is 10.2 Å². The Morgan fingerprint density at radius 3 is 2.43 bits per heavy atom. The summed E-state index contributed by atoms with van der Waals surface area (Å²) in [5.41, 5.74) is 6.84. The highest BCUT2D eigenvalue weighted by molar-refractivity contribution is 7.92. The summed E-state index contributed by atoms with van der Waals surface area (Å²) in [6, 6.07) is 17.7. The van der Waals surface area contributed by atoms with Crippen LogP contribution in [0.15, 0.2) is 93.4 Å². The number of nitrogens with two attached hydrogens (primary N) is 1. The number of rotatable bonds is 13. The first-order valence-electron chi connectivity index (χ1n) is 18.7. The Bertz CT molecular complexity index is 2330. The highest BCUT2D eigenvalue weighted by atomic mass is 32.2. The predicted molar refractivity (Wildman–Crippen MR) is 212 cm³/mol. The van der Waals surface area contributed by atoms with Crippen LogP contribution < -0.4 is 21.1 Å². The average molecular weight is 841 g/mol. The summed E-state index contributed by atoms with van der Waals surface area (Å²) in [7, 11) is -7.99. The number of carboxylic acids is 1. The average Bonchev–Trinajstić information content (AvgIpc) is 3.79. The van der Waals surface area contributed by atoms with E-state index in [9.17, 15) is 40.7 Å². The summed E-state index contributed by atoms with van der Waals surface area (Å²) in [6.45, 7) is 0.796. The number of hydrogen-bond acceptors (Lipinski definition) is 11. The predicted octanol–water partition coefficient (Wildman–Crippen LogP) is 4.47. The standard InChI is InChI=1S/C25H25FN4O6S2.C14H20N2O4/c1-37(33,34)28-17-8-9-18-19(11-17)38(35,36)29-24(27-18)21-23(31)20-14-4-5-15(10-14)22(20)30(25(21)32)12-13-2-6-16(26)7-3-13;15-9-5-4-8-12(13(17)18)16-14(19)20-10-11-6-2-1-3-7-11/h2-3,6-9,11,14-15,20,22,28,31H,4-5,10,12H2,1H3,(H,27,29);1-3,6-7,12H,4-5,8-10,15H2,(H,16,19)(H,17,18)/t14-,15-,20-,22+;12-/m10/s1. The molecule has 7 rings (SSSR count). The number of nitrogens with zero attached hydrogens (tertiary/aromatic N) is 2. The molecule has 7 N–H and O–H groups in total. The molecule has 0 radical (unpaired) electrons. The molecule has 2 bridgehead atoms. The molecule has 0 saturated heterocycles. The van der Waals surface area contributed by atoms with Crippen LogP contribution in [0.1, 0.15) is 49.7 Å². The number of carbonyl (C=O) groups is 3. The highest BCUT2D eigenvalue weighted by Crippen LogP contribution is 2.55. The number of nitrogens with one attached hydrogen (secondary N) is 3. The van der Waals surface area contributed by atoms with Crippen molar-refractivity contribution in [3.05, 3.63) is 101 Å². The van der Waals surface area contributed by atoms with Gasteiger partial charge in [-0.2, -0.15) is 8.42 Å². The van der Waals surface area contributed by atoms with E-state index >= 15 is 0 Å². The fourth-order valence-electron chi connectivity index (χ4n) is 8.04. The van der Waals surface area contributed by atoms with Crippen molar-refractivity contribution < 1.29 is 50.6 Å². The van der Waals surface area contributed by atoms with Crippen LogP contribution in [0.2, 0.25) is 0 Å². The highest BCUT2D eigenvalue weighted by Gasteiger charge is 2.57. The maximum atomic E-state index is 13.9. The summed E-state index contributed by atoms with van der Waals surface area (Å²) in [4.78, 5) is 37.8. The Morgan fingerprint density at radius 2 is 1.76 bits per heavy atom. The molecule has 2 aliphatic heterocycles. The molecule has 0 aromatic heterocycles. The third-order valence-corrected chi connectivity index (χ3v) is 12.5. The second kappa shape index (κ2) is 17.5. The minimum atomic E-state index is -4.35. The van der Waals surface area contributed by atoms with E-state index in [1.165, 1.54) is 24.3 Å². The van der Waals surface area contributed by atoms with Crippen molar-refractivity contribution in [3.63, 3.8) is 0 Å². The molecule has 2 fully saturated rings. The van der Waals surface area contributed by atoms with Gasteiger partial charge in [-0.05, 0) is 98.4 Å². The fourth-order valence-corrected chi connectivity index (χ4v) is 9.74. The Hall–Kier alpha value is -5.53. The number of sulfonamides is 2. The third-order valence-electron chi connectivity index (χ3n) is 10.6. The van der Waals surface area contributed by atoms with Gasteiger partial charge in [-0.15, -0.1) is 4.40 Å². The Kier molecular flexibility index (Phi) is 12.7. The van der Waals surface area contributed by atoms with Crippen LogP contribution in [0.4, 0.5) is 20.6 Å². The molecule has 2 saturated carbocycles.